The third-order valence-corrected chi connectivity index (χ3v) is 5.95. The van der Waals surface area contributed by atoms with E-state index in [1.54, 1.807) is 0 Å². The zero-order valence-corrected chi connectivity index (χ0v) is 12.1. The average molecular weight is 298 g/mol. The van der Waals surface area contributed by atoms with Crippen LogP contribution in [0.1, 0.15) is 49.7 Å². The summed E-state index contributed by atoms with van der Waals surface area (Å²) in [6, 6.07) is 0. The largest absolute Gasteiger partial charge is 0.339 e. The molecule has 20 heavy (non-hydrogen) atoms. The van der Waals surface area contributed by atoms with Crippen LogP contribution in [0.15, 0.2) is 4.52 Å². The molecule has 2 fully saturated rings. The van der Waals surface area contributed by atoms with Crippen molar-refractivity contribution in [2.75, 3.05) is 11.5 Å². The van der Waals surface area contributed by atoms with Gasteiger partial charge in [-0.3, -0.25) is 4.79 Å². The van der Waals surface area contributed by atoms with Gasteiger partial charge in [0.05, 0.1) is 11.5 Å². The van der Waals surface area contributed by atoms with E-state index in [0.29, 0.717) is 31.0 Å². The van der Waals surface area contributed by atoms with Crippen molar-refractivity contribution in [1.82, 2.24) is 10.1 Å². The lowest BCUT2D eigenvalue weighted by Crippen LogP contribution is -2.21. The molecule has 7 heteroatoms. The molecule has 0 N–H and O–H groups in total. The topological polar surface area (TPSA) is 90.1 Å². The quantitative estimate of drug-likeness (QED) is 0.834. The molecule has 0 amide bonds. The Morgan fingerprint density at radius 3 is 2.80 bits per heavy atom. The molecule has 2 aliphatic rings. The first-order chi connectivity index (χ1) is 9.53. The number of ketones is 1. The van der Waals surface area contributed by atoms with Gasteiger partial charge in [0.1, 0.15) is 5.78 Å². The van der Waals surface area contributed by atoms with Crippen LogP contribution in [-0.4, -0.2) is 35.8 Å². The first kappa shape index (κ1) is 13.7. The SMILES string of the molecule is O=C1CCCCC1Cc1nc(C2CCS(=O)(=O)C2)no1. The number of rotatable bonds is 3. The summed E-state index contributed by atoms with van der Waals surface area (Å²) in [7, 11) is -2.95. The van der Waals surface area contributed by atoms with Gasteiger partial charge in [0.2, 0.25) is 5.89 Å². The van der Waals surface area contributed by atoms with Crippen LogP contribution in [0, 0.1) is 5.92 Å². The molecule has 0 radical (unpaired) electrons. The van der Waals surface area contributed by atoms with Gasteiger partial charge in [-0.25, -0.2) is 8.42 Å². The molecule has 0 spiro atoms. The number of sulfone groups is 1. The molecule has 110 valence electrons. The highest BCUT2D eigenvalue weighted by Gasteiger charge is 2.33. The van der Waals surface area contributed by atoms with E-state index in [0.717, 1.165) is 19.3 Å². The monoisotopic (exact) mass is 298 g/mol. The minimum atomic E-state index is -2.95. The molecule has 3 rings (SSSR count). The van der Waals surface area contributed by atoms with Gasteiger partial charge in [-0.05, 0) is 19.3 Å². The van der Waals surface area contributed by atoms with Crippen LogP contribution in [0.4, 0.5) is 0 Å². The van der Waals surface area contributed by atoms with E-state index in [2.05, 4.69) is 10.1 Å². The second kappa shape index (κ2) is 5.27. The molecule has 2 unspecified atom stereocenters. The van der Waals surface area contributed by atoms with Crippen LogP contribution in [0.2, 0.25) is 0 Å². The highest BCUT2D eigenvalue weighted by atomic mass is 32.2. The van der Waals surface area contributed by atoms with E-state index < -0.39 is 9.84 Å². The number of carbonyl (C=O) groups is 1. The molecule has 1 aliphatic heterocycles. The van der Waals surface area contributed by atoms with Gasteiger partial charge in [0.15, 0.2) is 15.7 Å². The zero-order chi connectivity index (χ0) is 14.2. The first-order valence-electron chi connectivity index (χ1n) is 7.09. The normalized spacial score (nSPS) is 29.7. The van der Waals surface area contributed by atoms with Gasteiger partial charge >= 0.3 is 0 Å². The smallest absolute Gasteiger partial charge is 0.227 e. The molecule has 1 saturated heterocycles. The van der Waals surface area contributed by atoms with Crippen molar-refractivity contribution in [2.24, 2.45) is 5.92 Å². The molecule has 0 bridgehead atoms. The van der Waals surface area contributed by atoms with Crippen LogP contribution in [0.3, 0.4) is 0 Å². The fourth-order valence-electron chi connectivity index (χ4n) is 3.00. The fraction of sp³-hybridized carbons (Fsp3) is 0.769. The summed E-state index contributed by atoms with van der Waals surface area (Å²) in [5.74, 6) is 1.36. The molecule has 1 aromatic rings. The second-order valence-corrected chi connectivity index (χ2v) is 7.99. The highest BCUT2D eigenvalue weighted by Crippen LogP contribution is 2.28. The number of hydrogen-bond donors (Lipinski definition) is 0. The highest BCUT2D eigenvalue weighted by molar-refractivity contribution is 7.91. The Labute approximate surface area is 117 Å². The van der Waals surface area contributed by atoms with Crippen molar-refractivity contribution in [3.8, 4) is 0 Å². The maximum atomic E-state index is 11.8. The van der Waals surface area contributed by atoms with Crippen LogP contribution in [-0.2, 0) is 21.1 Å². The van der Waals surface area contributed by atoms with Gasteiger partial charge in [0, 0.05) is 24.7 Å². The lowest BCUT2D eigenvalue weighted by atomic mass is 9.86. The van der Waals surface area contributed by atoms with Crippen molar-refractivity contribution >= 4 is 15.6 Å². The Morgan fingerprint density at radius 2 is 2.10 bits per heavy atom. The minimum absolute atomic E-state index is 0.00985. The second-order valence-electron chi connectivity index (χ2n) is 5.76. The Bertz CT molecular complexity index is 608. The van der Waals surface area contributed by atoms with Gasteiger partial charge in [0.25, 0.3) is 0 Å². The molecule has 1 aliphatic carbocycles. The van der Waals surface area contributed by atoms with Crippen LogP contribution in [0.25, 0.3) is 0 Å². The molecule has 2 heterocycles. The van der Waals surface area contributed by atoms with Crippen LogP contribution in [0.5, 0.6) is 0 Å². The Kier molecular flexibility index (Phi) is 3.62. The lowest BCUT2D eigenvalue weighted by molar-refractivity contribution is -0.124. The summed E-state index contributed by atoms with van der Waals surface area (Å²) < 4.78 is 28.1. The molecule has 6 nitrogen and oxygen atoms in total. The van der Waals surface area contributed by atoms with Crippen LogP contribution >= 0.6 is 0 Å². The summed E-state index contributed by atoms with van der Waals surface area (Å²) in [5.41, 5.74) is 0. The number of Topliss-reactive ketones (excluding diaryl/α,β-unsaturated/α-hetero) is 1. The zero-order valence-electron chi connectivity index (χ0n) is 11.2. The standard InChI is InChI=1S/C13H18N2O4S/c16-11-4-2-1-3-9(11)7-12-14-13(15-19-12)10-5-6-20(17,18)8-10/h9-10H,1-8H2. The van der Waals surface area contributed by atoms with Crippen molar-refractivity contribution in [3.63, 3.8) is 0 Å². The number of carbonyl (C=O) groups excluding carboxylic acids is 1. The summed E-state index contributed by atoms with van der Waals surface area (Å²) in [4.78, 5) is 16.1. The van der Waals surface area contributed by atoms with Crippen molar-refractivity contribution in [2.45, 2.75) is 44.4 Å². The average Bonchev–Trinajstić information content (AvgIpc) is 2.99. The maximum Gasteiger partial charge on any atom is 0.227 e. The number of hydrogen-bond acceptors (Lipinski definition) is 6. The van der Waals surface area contributed by atoms with E-state index in [9.17, 15) is 13.2 Å². The van der Waals surface area contributed by atoms with E-state index in [1.165, 1.54) is 0 Å². The lowest BCUT2D eigenvalue weighted by Gasteiger charge is -2.18. The minimum Gasteiger partial charge on any atom is -0.339 e. The molecular formula is C13H18N2O4S. The van der Waals surface area contributed by atoms with Gasteiger partial charge in [-0.1, -0.05) is 11.6 Å². The number of aromatic nitrogens is 2. The Hall–Kier alpha value is -1.24. The van der Waals surface area contributed by atoms with Crippen LogP contribution < -0.4 is 0 Å². The first-order valence-corrected chi connectivity index (χ1v) is 8.91. The summed E-state index contributed by atoms with van der Waals surface area (Å²) in [6.07, 6.45) is 4.62. The van der Waals surface area contributed by atoms with E-state index in [1.807, 2.05) is 0 Å². The third kappa shape index (κ3) is 2.92. The predicted octanol–water partition coefficient (Wildman–Crippen LogP) is 1.27. The van der Waals surface area contributed by atoms with E-state index in [4.69, 9.17) is 4.52 Å². The van der Waals surface area contributed by atoms with Gasteiger partial charge in [-0.2, -0.15) is 4.98 Å². The summed E-state index contributed by atoms with van der Waals surface area (Å²) in [5, 5.41) is 3.89. The number of nitrogens with zero attached hydrogens (tertiary/aromatic N) is 2. The van der Waals surface area contributed by atoms with E-state index in [-0.39, 0.29) is 29.1 Å². The van der Waals surface area contributed by atoms with Gasteiger partial charge in [-0.15, -0.1) is 0 Å². The molecule has 2 atom stereocenters. The van der Waals surface area contributed by atoms with E-state index >= 15 is 0 Å². The summed E-state index contributed by atoms with van der Waals surface area (Å²) >= 11 is 0. The Morgan fingerprint density at radius 1 is 1.25 bits per heavy atom. The maximum absolute atomic E-state index is 11.8. The molecule has 1 saturated carbocycles. The van der Waals surface area contributed by atoms with Gasteiger partial charge < -0.3 is 4.52 Å². The van der Waals surface area contributed by atoms with Crippen molar-refractivity contribution in [3.05, 3.63) is 11.7 Å². The molecule has 1 aromatic heterocycles. The van der Waals surface area contributed by atoms with Crippen molar-refractivity contribution < 1.29 is 17.7 Å². The fourth-order valence-corrected chi connectivity index (χ4v) is 4.74. The third-order valence-electron chi connectivity index (χ3n) is 4.18. The summed E-state index contributed by atoms with van der Waals surface area (Å²) in [6.45, 7) is 0. The molecule has 0 aromatic carbocycles. The van der Waals surface area contributed by atoms with Crippen molar-refractivity contribution in [1.29, 1.82) is 0 Å². The molecular weight excluding hydrogens is 280 g/mol. The predicted molar refractivity (Wildman–Crippen MR) is 71.0 cm³/mol. The Balaban J connectivity index is 1.66.